The van der Waals surface area contributed by atoms with E-state index in [2.05, 4.69) is 28.9 Å². The summed E-state index contributed by atoms with van der Waals surface area (Å²) in [6.07, 6.45) is 7.33. The van der Waals surface area contributed by atoms with E-state index in [9.17, 15) is 0 Å². The summed E-state index contributed by atoms with van der Waals surface area (Å²) in [4.78, 5) is 2.64. The normalized spacial score (nSPS) is 28.4. The minimum Gasteiger partial charge on any atom is -0.315 e. The lowest BCUT2D eigenvalue weighted by Crippen LogP contribution is -2.44. The first-order valence-corrected chi connectivity index (χ1v) is 8.54. The van der Waals surface area contributed by atoms with Crippen LogP contribution in [0.3, 0.4) is 0 Å². The molecule has 1 aliphatic carbocycles. The second-order valence-corrected chi connectivity index (χ2v) is 6.82. The molecule has 1 saturated carbocycles. The van der Waals surface area contributed by atoms with Gasteiger partial charge in [0, 0.05) is 37.2 Å². The van der Waals surface area contributed by atoms with Gasteiger partial charge in [-0.15, -0.1) is 0 Å². The van der Waals surface area contributed by atoms with Crippen molar-refractivity contribution in [3.8, 4) is 0 Å². The van der Waals surface area contributed by atoms with Crippen molar-refractivity contribution in [1.82, 2.24) is 10.2 Å². The molecule has 1 saturated heterocycles. The molecule has 0 radical (unpaired) electrons. The highest BCUT2D eigenvalue weighted by molar-refractivity contribution is 7.99. The van der Waals surface area contributed by atoms with E-state index in [1.807, 2.05) is 0 Å². The Bertz CT molecular complexity index is 204. The Hall–Kier alpha value is 0.270. The number of hydrogen-bond donors (Lipinski definition) is 1. The molecule has 2 rings (SSSR count). The van der Waals surface area contributed by atoms with Crippen molar-refractivity contribution < 1.29 is 0 Å². The topological polar surface area (TPSA) is 15.3 Å². The van der Waals surface area contributed by atoms with Crippen LogP contribution in [0.25, 0.3) is 0 Å². The van der Waals surface area contributed by atoms with E-state index in [1.165, 1.54) is 69.8 Å². The molecule has 2 nitrogen and oxygen atoms in total. The van der Waals surface area contributed by atoms with Gasteiger partial charge in [-0.05, 0) is 32.2 Å². The molecule has 17 heavy (non-hydrogen) atoms. The number of nitrogens with zero attached hydrogens (tertiary/aromatic N) is 1. The average molecular weight is 256 g/mol. The van der Waals surface area contributed by atoms with Gasteiger partial charge in [0.1, 0.15) is 0 Å². The predicted octanol–water partition coefficient (Wildman–Crippen LogP) is 2.59. The van der Waals surface area contributed by atoms with E-state index in [0.29, 0.717) is 0 Å². The van der Waals surface area contributed by atoms with Crippen LogP contribution in [0.1, 0.15) is 39.0 Å². The Labute approximate surface area is 111 Å². The standard InChI is InChI=1S/C14H28N2S/c1-13-12-17-10-9-16(13)8-7-15-11-14-5-3-2-4-6-14/h13-15H,2-12H2,1H3. The molecule has 2 aliphatic rings. The Balaban J connectivity index is 1.53. The Kier molecular flexibility index (Phi) is 6.16. The SMILES string of the molecule is CC1CSCCN1CCNCC1CCCCC1. The highest BCUT2D eigenvalue weighted by Gasteiger charge is 2.18. The maximum absolute atomic E-state index is 3.67. The van der Waals surface area contributed by atoms with Crippen LogP contribution in [-0.4, -0.2) is 48.6 Å². The summed E-state index contributed by atoms with van der Waals surface area (Å²) in [5.74, 6) is 3.62. The first-order chi connectivity index (χ1) is 8.36. The zero-order valence-corrected chi connectivity index (χ0v) is 12.1. The Morgan fingerprint density at radius 2 is 2.06 bits per heavy atom. The van der Waals surface area contributed by atoms with E-state index in [-0.39, 0.29) is 0 Å². The van der Waals surface area contributed by atoms with Gasteiger partial charge >= 0.3 is 0 Å². The number of hydrogen-bond acceptors (Lipinski definition) is 3. The molecule has 0 aromatic rings. The zero-order chi connectivity index (χ0) is 11.9. The largest absolute Gasteiger partial charge is 0.315 e. The number of thioether (sulfide) groups is 1. The summed E-state index contributed by atoms with van der Waals surface area (Å²) < 4.78 is 0. The van der Waals surface area contributed by atoms with Crippen LogP contribution in [0.15, 0.2) is 0 Å². The van der Waals surface area contributed by atoms with E-state index < -0.39 is 0 Å². The maximum Gasteiger partial charge on any atom is 0.0158 e. The van der Waals surface area contributed by atoms with Gasteiger partial charge in [-0.25, -0.2) is 0 Å². The van der Waals surface area contributed by atoms with Crippen LogP contribution < -0.4 is 5.32 Å². The third-order valence-electron chi connectivity index (χ3n) is 4.24. The van der Waals surface area contributed by atoms with Crippen molar-refractivity contribution in [2.75, 3.05) is 37.7 Å². The first kappa shape index (κ1) is 13.7. The first-order valence-electron chi connectivity index (χ1n) is 7.39. The summed E-state index contributed by atoms with van der Waals surface area (Å²) in [6.45, 7) is 7.35. The van der Waals surface area contributed by atoms with E-state index >= 15 is 0 Å². The number of rotatable bonds is 5. The molecule has 0 aromatic heterocycles. The Morgan fingerprint density at radius 1 is 1.24 bits per heavy atom. The van der Waals surface area contributed by atoms with Crippen LogP contribution >= 0.6 is 11.8 Å². The van der Waals surface area contributed by atoms with E-state index in [0.717, 1.165) is 12.0 Å². The molecule has 1 atom stereocenters. The molecule has 1 N–H and O–H groups in total. The van der Waals surface area contributed by atoms with Gasteiger partial charge in [0.2, 0.25) is 0 Å². The van der Waals surface area contributed by atoms with Gasteiger partial charge in [0.15, 0.2) is 0 Å². The van der Waals surface area contributed by atoms with Crippen molar-refractivity contribution >= 4 is 11.8 Å². The third kappa shape index (κ3) is 4.80. The van der Waals surface area contributed by atoms with Gasteiger partial charge in [-0.3, -0.25) is 4.90 Å². The van der Waals surface area contributed by atoms with Crippen LogP contribution in [0.2, 0.25) is 0 Å². The molecular formula is C14H28N2S. The highest BCUT2D eigenvalue weighted by atomic mass is 32.2. The molecule has 1 heterocycles. The van der Waals surface area contributed by atoms with Gasteiger partial charge in [0.25, 0.3) is 0 Å². The second-order valence-electron chi connectivity index (χ2n) is 5.67. The predicted molar refractivity (Wildman–Crippen MR) is 77.8 cm³/mol. The minimum atomic E-state index is 0.783. The quantitative estimate of drug-likeness (QED) is 0.761. The molecule has 3 heteroatoms. The van der Waals surface area contributed by atoms with Crippen LogP contribution in [-0.2, 0) is 0 Å². The highest BCUT2D eigenvalue weighted by Crippen LogP contribution is 2.22. The van der Waals surface area contributed by atoms with Crippen molar-refractivity contribution in [3.63, 3.8) is 0 Å². The second kappa shape index (κ2) is 7.65. The summed E-state index contributed by atoms with van der Waals surface area (Å²) in [5, 5.41) is 3.67. The molecule has 2 fully saturated rings. The van der Waals surface area contributed by atoms with Crippen molar-refractivity contribution in [2.45, 2.75) is 45.1 Å². The molecule has 1 unspecified atom stereocenters. The zero-order valence-electron chi connectivity index (χ0n) is 11.3. The van der Waals surface area contributed by atoms with Crippen LogP contribution in [0.4, 0.5) is 0 Å². The molecule has 100 valence electrons. The fourth-order valence-corrected chi connectivity index (χ4v) is 4.10. The average Bonchev–Trinajstić information content (AvgIpc) is 2.38. The van der Waals surface area contributed by atoms with Gasteiger partial charge in [-0.2, -0.15) is 11.8 Å². The van der Waals surface area contributed by atoms with Gasteiger partial charge < -0.3 is 5.32 Å². The summed E-state index contributed by atoms with van der Waals surface area (Å²) in [6, 6.07) is 0.783. The monoisotopic (exact) mass is 256 g/mol. The minimum absolute atomic E-state index is 0.783. The fraction of sp³-hybridized carbons (Fsp3) is 1.00. The van der Waals surface area contributed by atoms with Gasteiger partial charge in [0.05, 0.1) is 0 Å². The van der Waals surface area contributed by atoms with Gasteiger partial charge in [-0.1, -0.05) is 19.3 Å². The molecule has 0 spiro atoms. The summed E-state index contributed by atoms with van der Waals surface area (Å²) in [7, 11) is 0. The molecule has 0 amide bonds. The lowest BCUT2D eigenvalue weighted by molar-refractivity contribution is 0.229. The summed E-state index contributed by atoms with van der Waals surface area (Å²) >= 11 is 2.11. The van der Waals surface area contributed by atoms with Crippen molar-refractivity contribution in [2.24, 2.45) is 5.92 Å². The number of nitrogens with one attached hydrogen (secondary N) is 1. The lowest BCUT2D eigenvalue weighted by Gasteiger charge is -2.33. The lowest BCUT2D eigenvalue weighted by atomic mass is 9.89. The van der Waals surface area contributed by atoms with E-state index in [1.54, 1.807) is 0 Å². The van der Waals surface area contributed by atoms with Crippen LogP contribution in [0, 0.1) is 5.92 Å². The van der Waals surface area contributed by atoms with Crippen LogP contribution in [0.5, 0.6) is 0 Å². The van der Waals surface area contributed by atoms with Crippen molar-refractivity contribution in [1.29, 1.82) is 0 Å². The molecular weight excluding hydrogens is 228 g/mol. The molecule has 0 bridgehead atoms. The maximum atomic E-state index is 3.67. The van der Waals surface area contributed by atoms with E-state index in [4.69, 9.17) is 0 Å². The molecule has 1 aliphatic heterocycles. The third-order valence-corrected chi connectivity index (χ3v) is 5.43. The summed E-state index contributed by atoms with van der Waals surface area (Å²) in [5.41, 5.74) is 0. The molecule has 0 aromatic carbocycles. The Morgan fingerprint density at radius 3 is 2.82 bits per heavy atom. The smallest absolute Gasteiger partial charge is 0.0158 e. The fourth-order valence-electron chi connectivity index (χ4n) is 3.01. The van der Waals surface area contributed by atoms with Crippen molar-refractivity contribution in [3.05, 3.63) is 0 Å².